The molecule has 0 amide bonds. The van der Waals surface area contributed by atoms with Crippen LogP contribution in [0.4, 0.5) is 5.69 Å². The van der Waals surface area contributed by atoms with E-state index in [4.69, 9.17) is 4.74 Å². The van der Waals surface area contributed by atoms with Gasteiger partial charge in [-0.3, -0.25) is 0 Å². The number of benzene rings is 1. The van der Waals surface area contributed by atoms with Crippen molar-refractivity contribution in [3.8, 4) is 5.75 Å². The molecule has 1 unspecified atom stereocenters. The van der Waals surface area contributed by atoms with Gasteiger partial charge in [0.1, 0.15) is 5.75 Å². The summed E-state index contributed by atoms with van der Waals surface area (Å²) in [5.41, 5.74) is 2.87. The molecule has 2 aliphatic heterocycles. The van der Waals surface area contributed by atoms with Crippen molar-refractivity contribution in [2.45, 2.75) is 18.9 Å². The Morgan fingerprint density at radius 3 is 3.00 bits per heavy atom. The summed E-state index contributed by atoms with van der Waals surface area (Å²) >= 11 is 0. The van der Waals surface area contributed by atoms with E-state index in [-0.39, 0.29) is 0 Å². The monoisotopic (exact) mass is 232 g/mol. The van der Waals surface area contributed by atoms with Crippen LogP contribution < -0.4 is 9.64 Å². The van der Waals surface area contributed by atoms with E-state index < -0.39 is 0 Å². The van der Waals surface area contributed by atoms with Crippen molar-refractivity contribution in [2.75, 3.05) is 38.7 Å². The van der Waals surface area contributed by atoms with Gasteiger partial charge in [-0.1, -0.05) is 6.07 Å². The Kier molecular flexibility index (Phi) is 2.71. The zero-order chi connectivity index (χ0) is 11.8. The van der Waals surface area contributed by atoms with Crippen LogP contribution in [0.3, 0.4) is 0 Å². The molecule has 0 aromatic heterocycles. The van der Waals surface area contributed by atoms with E-state index in [0.29, 0.717) is 6.04 Å². The van der Waals surface area contributed by atoms with Gasteiger partial charge in [0, 0.05) is 30.9 Å². The third kappa shape index (κ3) is 1.89. The second-order valence-electron chi connectivity index (χ2n) is 5.16. The highest BCUT2D eigenvalue weighted by molar-refractivity contribution is 5.62. The van der Waals surface area contributed by atoms with Crippen LogP contribution in [0.5, 0.6) is 5.75 Å². The molecule has 3 nitrogen and oxygen atoms in total. The molecular formula is C14H20N2O. The van der Waals surface area contributed by atoms with Crippen LogP contribution in [0, 0.1) is 0 Å². The standard InChI is InChI=1S/C14H20N2O/c1-15-6-3-7-16-12(10-15)8-11-4-5-13(17-2)9-14(11)16/h4-5,9,12H,3,6-8,10H2,1-2H3. The number of fused-ring (bicyclic) bond motifs is 3. The van der Waals surface area contributed by atoms with Gasteiger partial charge in [0.25, 0.3) is 0 Å². The molecule has 2 heterocycles. The van der Waals surface area contributed by atoms with E-state index in [9.17, 15) is 0 Å². The van der Waals surface area contributed by atoms with Crippen molar-refractivity contribution in [3.63, 3.8) is 0 Å². The Morgan fingerprint density at radius 1 is 1.29 bits per heavy atom. The molecule has 3 heteroatoms. The minimum Gasteiger partial charge on any atom is -0.497 e. The van der Waals surface area contributed by atoms with Crippen molar-refractivity contribution in [3.05, 3.63) is 23.8 Å². The minimum absolute atomic E-state index is 0.657. The van der Waals surface area contributed by atoms with Crippen LogP contribution in [0.15, 0.2) is 18.2 Å². The second-order valence-corrected chi connectivity index (χ2v) is 5.16. The van der Waals surface area contributed by atoms with Gasteiger partial charge in [0.2, 0.25) is 0 Å². The lowest BCUT2D eigenvalue weighted by molar-refractivity contribution is 0.333. The van der Waals surface area contributed by atoms with Crippen molar-refractivity contribution >= 4 is 5.69 Å². The summed E-state index contributed by atoms with van der Waals surface area (Å²) in [6.07, 6.45) is 2.44. The Balaban J connectivity index is 1.92. The summed E-state index contributed by atoms with van der Waals surface area (Å²) in [6.45, 7) is 3.57. The molecule has 1 atom stereocenters. The first kappa shape index (κ1) is 10.9. The Morgan fingerprint density at radius 2 is 2.18 bits per heavy atom. The van der Waals surface area contributed by atoms with Crippen molar-refractivity contribution in [2.24, 2.45) is 0 Å². The molecule has 1 fully saturated rings. The number of ether oxygens (including phenoxy) is 1. The second kappa shape index (κ2) is 4.22. The fraction of sp³-hybridized carbons (Fsp3) is 0.571. The van der Waals surface area contributed by atoms with Gasteiger partial charge in [-0.05, 0) is 38.1 Å². The van der Waals surface area contributed by atoms with E-state index in [1.54, 1.807) is 7.11 Å². The maximum Gasteiger partial charge on any atom is 0.120 e. The maximum absolute atomic E-state index is 5.33. The predicted molar refractivity (Wildman–Crippen MR) is 69.9 cm³/mol. The van der Waals surface area contributed by atoms with Gasteiger partial charge in [-0.2, -0.15) is 0 Å². The molecule has 1 aromatic rings. The predicted octanol–water partition coefficient (Wildman–Crippen LogP) is 1.76. The van der Waals surface area contributed by atoms with Crippen LogP contribution in [-0.4, -0.2) is 44.7 Å². The maximum atomic E-state index is 5.33. The lowest BCUT2D eigenvalue weighted by Crippen LogP contribution is -2.37. The van der Waals surface area contributed by atoms with Gasteiger partial charge in [0.15, 0.2) is 0 Å². The largest absolute Gasteiger partial charge is 0.497 e. The number of nitrogens with zero attached hydrogens (tertiary/aromatic N) is 2. The van der Waals surface area contributed by atoms with E-state index in [1.807, 2.05) is 0 Å². The summed E-state index contributed by atoms with van der Waals surface area (Å²) < 4.78 is 5.33. The van der Waals surface area contributed by atoms with Crippen molar-refractivity contribution < 1.29 is 4.74 Å². The minimum atomic E-state index is 0.657. The van der Waals surface area contributed by atoms with Crippen LogP contribution in [0.25, 0.3) is 0 Å². The highest BCUT2D eigenvalue weighted by Gasteiger charge is 2.31. The van der Waals surface area contributed by atoms with Crippen molar-refractivity contribution in [1.29, 1.82) is 0 Å². The molecule has 0 spiro atoms. The van der Waals surface area contributed by atoms with Gasteiger partial charge in [0.05, 0.1) is 7.11 Å². The zero-order valence-electron chi connectivity index (χ0n) is 10.6. The third-order valence-electron chi connectivity index (χ3n) is 3.96. The third-order valence-corrected chi connectivity index (χ3v) is 3.96. The fourth-order valence-corrected chi connectivity index (χ4v) is 3.10. The quantitative estimate of drug-likeness (QED) is 0.734. The Labute approximate surface area is 103 Å². The van der Waals surface area contributed by atoms with E-state index in [2.05, 4.69) is 35.0 Å². The van der Waals surface area contributed by atoms with Gasteiger partial charge in [-0.25, -0.2) is 0 Å². The molecule has 17 heavy (non-hydrogen) atoms. The first-order valence-corrected chi connectivity index (χ1v) is 6.40. The Hall–Kier alpha value is -1.22. The van der Waals surface area contributed by atoms with E-state index in [1.165, 1.54) is 43.7 Å². The summed E-state index contributed by atoms with van der Waals surface area (Å²) in [4.78, 5) is 5.02. The molecule has 0 N–H and O–H groups in total. The average molecular weight is 232 g/mol. The first-order chi connectivity index (χ1) is 8.28. The highest BCUT2D eigenvalue weighted by atomic mass is 16.5. The van der Waals surface area contributed by atoms with E-state index >= 15 is 0 Å². The number of likely N-dealkylation sites (N-methyl/N-ethyl adjacent to an activating group) is 1. The van der Waals surface area contributed by atoms with Crippen LogP contribution in [0.1, 0.15) is 12.0 Å². The smallest absolute Gasteiger partial charge is 0.120 e. The van der Waals surface area contributed by atoms with Crippen LogP contribution in [0.2, 0.25) is 0 Å². The van der Waals surface area contributed by atoms with Gasteiger partial charge < -0.3 is 14.5 Å². The van der Waals surface area contributed by atoms with Gasteiger partial charge in [-0.15, -0.1) is 0 Å². The number of hydrogen-bond acceptors (Lipinski definition) is 3. The summed E-state index contributed by atoms with van der Waals surface area (Å²) in [7, 11) is 3.97. The number of hydrogen-bond donors (Lipinski definition) is 0. The Bertz CT molecular complexity index is 419. The lowest BCUT2D eigenvalue weighted by atomic mass is 10.1. The van der Waals surface area contributed by atoms with Crippen molar-refractivity contribution in [1.82, 2.24) is 4.90 Å². The zero-order valence-corrected chi connectivity index (χ0v) is 10.6. The van der Waals surface area contributed by atoms with Gasteiger partial charge >= 0.3 is 0 Å². The lowest BCUT2D eigenvalue weighted by Gasteiger charge is -2.26. The molecule has 0 radical (unpaired) electrons. The van der Waals surface area contributed by atoms with Crippen LogP contribution >= 0.6 is 0 Å². The fourth-order valence-electron chi connectivity index (χ4n) is 3.10. The molecule has 1 saturated heterocycles. The normalized spacial score (nSPS) is 24.1. The number of methoxy groups -OCH3 is 1. The molecule has 92 valence electrons. The SMILES string of the molecule is COc1ccc2c(c1)N1CCCN(C)CC1C2. The first-order valence-electron chi connectivity index (χ1n) is 6.40. The molecule has 1 aromatic carbocycles. The molecular weight excluding hydrogens is 212 g/mol. The summed E-state index contributed by atoms with van der Waals surface area (Å²) in [5, 5.41) is 0. The molecule has 0 saturated carbocycles. The average Bonchev–Trinajstić information content (AvgIpc) is 2.55. The highest BCUT2D eigenvalue weighted by Crippen LogP contribution is 2.36. The molecule has 0 aliphatic carbocycles. The number of rotatable bonds is 1. The van der Waals surface area contributed by atoms with E-state index in [0.717, 1.165) is 5.75 Å². The summed E-state index contributed by atoms with van der Waals surface area (Å²) in [6, 6.07) is 7.16. The number of anilines is 1. The molecule has 2 aliphatic rings. The summed E-state index contributed by atoms with van der Waals surface area (Å²) in [5.74, 6) is 0.974. The molecule has 0 bridgehead atoms. The topological polar surface area (TPSA) is 15.7 Å². The van der Waals surface area contributed by atoms with Crippen LogP contribution in [-0.2, 0) is 6.42 Å². The molecule has 3 rings (SSSR count).